The Morgan fingerprint density at radius 1 is 1.04 bits per heavy atom. The van der Waals surface area contributed by atoms with Crippen molar-refractivity contribution in [3.8, 4) is 11.5 Å². The first-order chi connectivity index (χ1) is 12.7. The standard InChI is InChI=1S/C22H27NO3/c1-4-5-6-7-17-8-11-19(12-9-17)22(24)23-15-14-18-10-13-20(25-2)21(16-18)26-3/h6-13,16H,4-5,14-15H2,1-3H3,(H,23,24)/b7-6+. The van der Waals surface area contributed by atoms with Gasteiger partial charge in [-0.1, -0.05) is 43.7 Å². The number of hydrogen-bond donors (Lipinski definition) is 1. The van der Waals surface area contributed by atoms with Crippen molar-refractivity contribution in [1.82, 2.24) is 5.32 Å². The quantitative estimate of drug-likeness (QED) is 0.722. The van der Waals surface area contributed by atoms with E-state index in [0.717, 1.165) is 30.4 Å². The van der Waals surface area contributed by atoms with E-state index in [1.807, 2.05) is 42.5 Å². The summed E-state index contributed by atoms with van der Waals surface area (Å²) in [4.78, 5) is 12.3. The molecule has 138 valence electrons. The van der Waals surface area contributed by atoms with Crippen LogP contribution in [0.15, 0.2) is 48.5 Å². The lowest BCUT2D eigenvalue weighted by Crippen LogP contribution is -2.25. The minimum atomic E-state index is -0.0606. The Balaban J connectivity index is 1.86. The smallest absolute Gasteiger partial charge is 0.251 e. The van der Waals surface area contributed by atoms with E-state index in [9.17, 15) is 4.79 Å². The molecule has 4 heteroatoms. The third-order valence-corrected chi connectivity index (χ3v) is 4.09. The molecule has 0 spiro atoms. The highest BCUT2D eigenvalue weighted by molar-refractivity contribution is 5.94. The van der Waals surface area contributed by atoms with E-state index in [-0.39, 0.29) is 5.91 Å². The maximum Gasteiger partial charge on any atom is 0.251 e. The number of unbranched alkanes of at least 4 members (excludes halogenated alkanes) is 1. The molecule has 0 aliphatic rings. The molecule has 0 aliphatic carbocycles. The molecular formula is C22H27NO3. The van der Waals surface area contributed by atoms with Gasteiger partial charge in [0.2, 0.25) is 0 Å². The van der Waals surface area contributed by atoms with Crippen molar-refractivity contribution >= 4 is 12.0 Å². The van der Waals surface area contributed by atoms with Gasteiger partial charge in [-0.25, -0.2) is 0 Å². The summed E-state index contributed by atoms with van der Waals surface area (Å²) in [7, 11) is 3.23. The summed E-state index contributed by atoms with van der Waals surface area (Å²) < 4.78 is 10.5. The van der Waals surface area contributed by atoms with Crippen LogP contribution in [0.4, 0.5) is 0 Å². The van der Waals surface area contributed by atoms with Gasteiger partial charge in [0, 0.05) is 12.1 Å². The first-order valence-electron chi connectivity index (χ1n) is 8.93. The minimum Gasteiger partial charge on any atom is -0.493 e. The van der Waals surface area contributed by atoms with E-state index < -0.39 is 0 Å². The molecule has 0 atom stereocenters. The fraction of sp³-hybridized carbons (Fsp3) is 0.318. The lowest BCUT2D eigenvalue weighted by atomic mass is 10.1. The molecule has 0 heterocycles. The zero-order chi connectivity index (χ0) is 18.8. The van der Waals surface area contributed by atoms with Crippen LogP contribution in [0.25, 0.3) is 6.08 Å². The Bertz CT molecular complexity index is 736. The molecule has 0 unspecified atom stereocenters. The van der Waals surface area contributed by atoms with Crippen molar-refractivity contribution in [2.24, 2.45) is 0 Å². The van der Waals surface area contributed by atoms with E-state index >= 15 is 0 Å². The maximum absolute atomic E-state index is 12.3. The minimum absolute atomic E-state index is 0.0606. The van der Waals surface area contributed by atoms with Crippen LogP contribution in [0.5, 0.6) is 11.5 Å². The fourth-order valence-electron chi connectivity index (χ4n) is 2.59. The largest absolute Gasteiger partial charge is 0.493 e. The van der Waals surface area contributed by atoms with Crippen LogP contribution in [0.1, 0.15) is 41.3 Å². The third kappa shape index (κ3) is 5.66. The van der Waals surface area contributed by atoms with Gasteiger partial charge >= 0.3 is 0 Å². The van der Waals surface area contributed by atoms with E-state index in [1.165, 1.54) is 0 Å². The number of amides is 1. The van der Waals surface area contributed by atoms with Gasteiger partial charge < -0.3 is 14.8 Å². The molecule has 2 aromatic carbocycles. The second kappa shape index (κ2) is 10.3. The van der Waals surface area contributed by atoms with Crippen LogP contribution in [0.3, 0.4) is 0 Å². The predicted molar refractivity (Wildman–Crippen MR) is 106 cm³/mol. The SMILES string of the molecule is CCC/C=C/c1ccc(C(=O)NCCc2ccc(OC)c(OC)c2)cc1. The Kier molecular flexibility index (Phi) is 7.75. The number of carbonyl (C=O) groups excluding carboxylic acids is 1. The zero-order valence-corrected chi connectivity index (χ0v) is 15.7. The van der Waals surface area contributed by atoms with Crippen LogP contribution in [0.2, 0.25) is 0 Å². The van der Waals surface area contributed by atoms with Crippen molar-refractivity contribution in [3.05, 3.63) is 65.2 Å². The first-order valence-corrected chi connectivity index (χ1v) is 8.93. The van der Waals surface area contributed by atoms with Crippen LogP contribution in [0, 0.1) is 0 Å². The van der Waals surface area contributed by atoms with E-state index in [0.29, 0.717) is 23.6 Å². The molecule has 0 bridgehead atoms. The average Bonchev–Trinajstić information content (AvgIpc) is 2.68. The van der Waals surface area contributed by atoms with Crippen LogP contribution in [-0.4, -0.2) is 26.7 Å². The lowest BCUT2D eigenvalue weighted by Gasteiger charge is -2.10. The third-order valence-electron chi connectivity index (χ3n) is 4.09. The molecule has 26 heavy (non-hydrogen) atoms. The summed E-state index contributed by atoms with van der Waals surface area (Å²) in [6.07, 6.45) is 7.17. The monoisotopic (exact) mass is 353 g/mol. The van der Waals surface area contributed by atoms with Gasteiger partial charge in [0.25, 0.3) is 5.91 Å². The number of rotatable bonds is 9. The molecule has 2 aromatic rings. The van der Waals surface area contributed by atoms with Crippen molar-refractivity contribution < 1.29 is 14.3 Å². The Hall–Kier alpha value is -2.75. The molecule has 2 rings (SSSR count). The van der Waals surface area contributed by atoms with Gasteiger partial charge in [0.05, 0.1) is 14.2 Å². The molecule has 0 radical (unpaired) electrons. The Morgan fingerprint density at radius 3 is 2.42 bits per heavy atom. The molecule has 4 nitrogen and oxygen atoms in total. The Morgan fingerprint density at radius 2 is 1.77 bits per heavy atom. The highest BCUT2D eigenvalue weighted by Crippen LogP contribution is 2.27. The van der Waals surface area contributed by atoms with Gasteiger partial charge in [-0.2, -0.15) is 0 Å². The highest BCUT2D eigenvalue weighted by Gasteiger charge is 2.07. The topological polar surface area (TPSA) is 47.6 Å². The highest BCUT2D eigenvalue weighted by atomic mass is 16.5. The van der Waals surface area contributed by atoms with Crippen molar-refractivity contribution in [3.63, 3.8) is 0 Å². The lowest BCUT2D eigenvalue weighted by molar-refractivity contribution is 0.0954. The summed E-state index contributed by atoms with van der Waals surface area (Å²) in [5.74, 6) is 1.34. The number of nitrogens with one attached hydrogen (secondary N) is 1. The van der Waals surface area contributed by atoms with Crippen molar-refractivity contribution in [2.75, 3.05) is 20.8 Å². The molecule has 0 aromatic heterocycles. The van der Waals surface area contributed by atoms with Crippen LogP contribution in [-0.2, 0) is 6.42 Å². The molecule has 0 saturated heterocycles. The molecule has 0 aliphatic heterocycles. The van der Waals surface area contributed by atoms with Crippen LogP contribution >= 0.6 is 0 Å². The summed E-state index contributed by atoms with van der Waals surface area (Å²) in [5.41, 5.74) is 2.87. The number of methoxy groups -OCH3 is 2. The molecule has 1 N–H and O–H groups in total. The molecule has 0 fully saturated rings. The van der Waals surface area contributed by atoms with E-state index in [4.69, 9.17) is 9.47 Å². The summed E-state index contributed by atoms with van der Waals surface area (Å²) >= 11 is 0. The maximum atomic E-state index is 12.3. The molecule has 1 amide bonds. The van der Waals surface area contributed by atoms with Gasteiger partial charge in [-0.05, 0) is 48.2 Å². The average molecular weight is 353 g/mol. The number of benzene rings is 2. The van der Waals surface area contributed by atoms with Gasteiger partial charge in [-0.3, -0.25) is 4.79 Å². The Labute approximate surface area is 155 Å². The summed E-state index contributed by atoms with van der Waals surface area (Å²) in [6.45, 7) is 2.71. The normalized spacial score (nSPS) is 10.7. The number of hydrogen-bond acceptors (Lipinski definition) is 3. The molecule has 0 saturated carbocycles. The second-order valence-electron chi connectivity index (χ2n) is 6.01. The first kappa shape index (κ1) is 19.6. The predicted octanol–water partition coefficient (Wildman–Crippen LogP) is 4.49. The van der Waals surface area contributed by atoms with E-state index in [1.54, 1.807) is 14.2 Å². The van der Waals surface area contributed by atoms with Gasteiger partial charge in [0.15, 0.2) is 11.5 Å². The zero-order valence-electron chi connectivity index (χ0n) is 15.7. The number of carbonyl (C=O) groups is 1. The number of ether oxygens (including phenoxy) is 2. The second-order valence-corrected chi connectivity index (χ2v) is 6.01. The summed E-state index contributed by atoms with van der Waals surface area (Å²) in [5, 5.41) is 2.96. The van der Waals surface area contributed by atoms with Crippen molar-refractivity contribution in [1.29, 1.82) is 0 Å². The van der Waals surface area contributed by atoms with Crippen LogP contribution < -0.4 is 14.8 Å². The van der Waals surface area contributed by atoms with Gasteiger partial charge in [0.1, 0.15) is 0 Å². The number of allylic oxidation sites excluding steroid dienone is 1. The van der Waals surface area contributed by atoms with Gasteiger partial charge in [-0.15, -0.1) is 0 Å². The van der Waals surface area contributed by atoms with Crippen molar-refractivity contribution in [2.45, 2.75) is 26.2 Å². The molecular weight excluding hydrogens is 326 g/mol. The summed E-state index contributed by atoms with van der Waals surface area (Å²) in [6, 6.07) is 13.4. The fourth-order valence-corrected chi connectivity index (χ4v) is 2.59. The van der Waals surface area contributed by atoms with E-state index in [2.05, 4.69) is 24.4 Å².